The Morgan fingerprint density at radius 3 is 2.86 bits per heavy atom. The first-order valence-electron chi connectivity index (χ1n) is 7.42. The zero-order valence-corrected chi connectivity index (χ0v) is 12.7. The third-order valence-corrected chi connectivity index (χ3v) is 5.10. The first kappa shape index (κ1) is 13.0. The zero-order valence-electron chi connectivity index (χ0n) is 11.9. The molecule has 4 heterocycles. The molecule has 0 bridgehead atoms. The summed E-state index contributed by atoms with van der Waals surface area (Å²) < 4.78 is 2.26. The lowest BCUT2D eigenvalue weighted by atomic mass is 10.0. The molecule has 1 fully saturated rings. The summed E-state index contributed by atoms with van der Waals surface area (Å²) in [5.41, 5.74) is 2.02. The van der Waals surface area contributed by atoms with E-state index in [0.29, 0.717) is 6.04 Å². The summed E-state index contributed by atoms with van der Waals surface area (Å²) in [4.78, 5) is 13.0. The SMILES string of the molecule is c1csc(CN2CCC(n3cnc4cccnc43)CC2)c1. The van der Waals surface area contributed by atoms with Gasteiger partial charge in [-0.1, -0.05) is 6.07 Å². The molecule has 1 saturated heterocycles. The van der Waals surface area contributed by atoms with E-state index in [2.05, 4.69) is 36.9 Å². The molecule has 108 valence electrons. The summed E-state index contributed by atoms with van der Waals surface area (Å²) >= 11 is 1.85. The number of fused-ring (bicyclic) bond motifs is 1. The molecule has 4 nitrogen and oxygen atoms in total. The fourth-order valence-electron chi connectivity index (χ4n) is 3.11. The van der Waals surface area contributed by atoms with E-state index in [1.807, 2.05) is 36.0 Å². The van der Waals surface area contributed by atoms with Crippen molar-refractivity contribution >= 4 is 22.5 Å². The maximum atomic E-state index is 4.48. The Bertz CT molecular complexity index is 711. The molecule has 0 aliphatic carbocycles. The first-order chi connectivity index (χ1) is 10.4. The van der Waals surface area contributed by atoms with Crippen LogP contribution in [0.5, 0.6) is 0 Å². The van der Waals surface area contributed by atoms with Crippen molar-refractivity contribution in [1.29, 1.82) is 0 Å². The van der Waals surface area contributed by atoms with Crippen LogP contribution in [0, 0.1) is 0 Å². The lowest BCUT2D eigenvalue weighted by Gasteiger charge is -2.32. The molecule has 3 aromatic heterocycles. The number of likely N-dealkylation sites (tertiary alicyclic amines) is 1. The number of nitrogens with zero attached hydrogens (tertiary/aromatic N) is 4. The Hall–Kier alpha value is -1.72. The third kappa shape index (κ3) is 2.59. The number of rotatable bonds is 3. The Morgan fingerprint density at radius 2 is 2.05 bits per heavy atom. The van der Waals surface area contributed by atoms with Gasteiger partial charge in [-0.3, -0.25) is 4.90 Å². The number of imidazole rings is 1. The Kier molecular flexibility index (Phi) is 3.45. The molecule has 4 rings (SSSR count). The Morgan fingerprint density at radius 1 is 1.14 bits per heavy atom. The number of piperidine rings is 1. The number of hydrogen-bond acceptors (Lipinski definition) is 4. The van der Waals surface area contributed by atoms with Crippen molar-refractivity contribution in [2.75, 3.05) is 13.1 Å². The minimum absolute atomic E-state index is 0.532. The molecular formula is C16H18N4S. The van der Waals surface area contributed by atoms with Gasteiger partial charge in [0.15, 0.2) is 5.65 Å². The molecule has 0 radical (unpaired) electrons. The number of pyridine rings is 1. The molecule has 1 aliphatic rings. The van der Waals surface area contributed by atoms with Gasteiger partial charge in [-0.15, -0.1) is 11.3 Å². The van der Waals surface area contributed by atoms with Crippen LogP contribution in [0.25, 0.3) is 11.2 Å². The molecule has 5 heteroatoms. The van der Waals surface area contributed by atoms with Crippen LogP contribution in [0.15, 0.2) is 42.2 Å². The number of hydrogen-bond donors (Lipinski definition) is 0. The summed E-state index contributed by atoms with van der Waals surface area (Å²) in [5.74, 6) is 0. The lowest BCUT2D eigenvalue weighted by molar-refractivity contribution is 0.182. The molecule has 0 unspecified atom stereocenters. The topological polar surface area (TPSA) is 34.0 Å². The average Bonchev–Trinajstić information content (AvgIpc) is 3.17. The largest absolute Gasteiger partial charge is 0.312 e. The van der Waals surface area contributed by atoms with Gasteiger partial charge in [-0.05, 0) is 36.4 Å². The van der Waals surface area contributed by atoms with Crippen LogP contribution in [0.4, 0.5) is 0 Å². The van der Waals surface area contributed by atoms with Gasteiger partial charge in [0, 0.05) is 36.8 Å². The van der Waals surface area contributed by atoms with Gasteiger partial charge in [0.2, 0.25) is 0 Å². The highest BCUT2D eigenvalue weighted by Gasteiger charge is 2.22. The predicted molar refractivity (Wildman–Crippen MR) is 85.4 cm³/mol. The number of thiophene rings is 1. The van der Waals surface area contributed by atoms with Gasteiger partial charge in [0.05, 0.1) is 6.33 Å². The maximum Gasteiger partial charge on any atom is 0.160 e. The molecule has 0 saturated carbocycles. The van der Waals surface area contributed by atoms with Crippen molar-refractivity contribution in [3.05, 3.63) is 47.0 Å². The molecular weight excluding hydrogens is 280 g/mol. The van der Waals surface area contributed by atoms with Gasteiger partial charge < -0.3 is 4.57 Å². The highest BCUT2D eigenvalue weighted by molar-refractivity contribution is 7.09. The zero-order chi connectivity index (χ0) is 14.1. The van der Waals surface area contributed by atoms with Crippen LogP contribution in [-0.2, 0) is 6.54 Å². The lowest BCUT2D eigenvalue weighted by Crippen LogP contribution is -2.33. The van der Waals surface area contributed by atoms with Crippen LogP contribution in [0.2, 0.25) is 0 Å². The van der Waals surface area contributed by atoms with Gasteiger partial charge in [0.1, 0.15) is 5.52 Å². The van der Waals surface area contributed by atoms with E-state index in [-0.39, 0.29) is 0 Å². The molecule has 0 N–H and O–H groups in total. The van der Waals surface area contributed by atoms with E-state index in [1.165, 1.54) is 17.7 Å². The molecule has 0 amide bonds. The van der Waals surface area contributed by atoms with E-state index < -0.39 is 0 Å². The third-order valence-electron chi connectivity index (χ3n) is 4.24. The van der Waals surface area contributed by atoms with Crippen LogP contribution < -0.4 is 0 Å². The van der Waals surface area contributed by atoms with Crippen molar-refractivity contribution in [1.82, 2.24) is 19.4 Å². The minimum atomic E-state index is 0.532. The molecule has 0 aromatic carbocycles. The van der Waals surface area contributed by atoms with E-state index in [1.54, 1.807) is 0 Å². The predicted octanol–water partition coefficient (Wildman–Crippen LogP) is 3.33. The summed E-state index contributed by atoms with van der Waals surface area (Å²) in [6.07, 6.45) is 6.16. The van der Waals surface area contributed by atoms with E-state index >= 15 is 0 Å². The second-order valence-electron chi connectivity index (χ2n) is 5.58. The highest BCUT2D eigenvalue weighted by Crippen LogP contribution is 2.26. The molecule has 1 aliphatic heterocycles. The Labute approximate surface area is 128 Å². The van der Waals surface area contributed by atoms with E-state index in [4.69, 9.17) is 0 Å². The van der Waals surface area contributed by atoms with Crippen LogP contribution >= 0.6 is 11.3 Å². The van der Waals surface area contributed by atoms with Crippen molar-refractivity contribution < 1.29 is 0 Å². The molecule has 21 heavy (non-hydrogen) atoms. The minimum Gasteiger partial charge on any atom is -0.312 e. The van der Waals surface area contributed by atoms with Crippen molar-refractivity contribution in [3.8, 4) is 0 Å². The fraction of sp³-hybridized carbons (Fsp3) is 0.375. The van der Waals surface area contributed by atoms with Gasteiger partial charge in [-0.25, -0.2) is 9.97 Å². The quantitative estimate of drug-likeness (QED) is 0.744. The average molecular weight is 298 g/mol. The normalized spacial score (nSPS) is 17.5. The van der Waals surface area contributed by atoms with Crippen molar-refractivity contribution in [2.24, 2.45) is 0 Å². The second-order valence-corrected chi connectivity index (χ2v) is 6.62. The molecule has 0 spiro atoms. The second kappa shape index (κ2) is 5.58. The Balaban J connectivity index is 1.45. The van der Waals surface area contributed by atoms with E-state index in [0.717, 1.165) is 30.8 Å². The van der Waals surface area contributed by atoms with Crippen LogP contribution in [0.3, 0.4) is 0 Å². The van der Waals surface area contributed by atoms with Gasteiger partial charge >= 0.3 is 0 Å². The standard InChI is InChI=1S/C16H18N4S/c1-4-15-16(17-7-1)20(12-18-15)13-5-8-19(9-6-13)11-14-3-2-10-21-14/h1-4,7,10,12-13H,5-6,8-9,11H2. The smallest absolute Gasteiger partial charge is 0.160 e. The van der Waals surface area contributed by atoms with Crippen LogP contribution in [-0.4, -0.2) is 32.5 Å². The highest BCUT2D eigenvalue weighted by atomic mass is 32.1. The monoisotopic (exact) mass is 298 g/mol. The van der Waals surface area contributed by atoms with Crippen molar-refractivity contribution in [3.63, 3.8) is 0 Å². The molecule has 3 aromatic rings. The maximum absolute atomic E-state index is 4.48. The first-order valence-corrected chi connectivity index (χ1v) is 8.30. The summed E-state index contributed by atoms with van der Waals surface area (Å²) in [6, 6.07) is 8.87. The van der Waals surface area contributed by atoms with Crippen molar-refractivity contribution in [2.45, 2.75) is 25.4 Å². The molecule has 0 atom stereocenters. The van der Waals surface area contributed by atoms with Gasteiger partial charge in [0.25, 0.3) is 0 Å². The fourth-order valence-corrected chi connectivity index (χ4v) is 3.86. The van der Waals surface area contributed by atoms with Gasteiger partial charge in [-0.2, -0.15) is 0 Å². The van der Waals surface area contributed by atoms with E-state index in [9.17, 15) is 0 Å². The summed E-state index contributed by atoms with van der Waals surface area (Å²) in [5, 5.41) is 2.16. The summed E-state index contributed by atoms with van der Waals surface area (Å²) in [6.45, 7) is 3.39. The summed E-state index contributed by atoms with van der Waals surface area (Å²) in [7, 11) is 0. The van der Waals surface area contributed by atoms with Crippen LogP contribution in [0.1, 0.15) is 23.8 Å². The number of aromatic nitrogens is 3.